The van der Waals surface area contributed by atoms with Crippen molar-refractivity contribution in [1.82, 2.24) is 9.88 Å². The van der Waals surface area contributed by atoms with E-state index in [1.54, 1.807) is 6.07 Å². The molecule has 2 saturated heterocycles. The lowest BCUT2D eigenvalue weighted by atomic mass is 9.99. The molecule has 3 fully saturated rings. The van der Waals surface area contributed by atoms with Crippen LogP contribution in [0.2, 0.25) is 0 Å². The van der Waals surface area contributed by atoms with Crippen molar-refractivity contribution < 1.29 is 18.7 Å². The highest BCUT2D eigenvalue weighted by atomic mass is 19.1. The van der Waals surface area contributed by atoms with Gasteiger partial charge in [0, 0.05) is 18.8 Å². The van der Waals surface area contributed by atoms with Crippen molar-refractivity contribution in [3.8, 4) is 0 Å². The van der Waals surface area contributed by atoms with Crippen LogP contribution in [0.15, 0.2) is 18.3 Å². The molecule has 0 bridgehead atoms. The maximum atomic E-state index is 12.9. The quantitative estimate of drug-likeness (QED) is 0.792. The van der Waals surface area contributed by atoms with Gasteiger partial charge in [-0.15, -0.1) is 0 Å². The third kappa shape index (κ3) is 4.18. The fourth-order valence-electron chi connectivity index (χ4n) is 3.85. The molecular formula is C19H25FN2O3. The summed E-state index contributed by atoms with van der Waals surface area (Å²) in [7, 11) is 0. The lowest BCUT2D eigenvalue weighted by Crippen LogP contribution is -2.46. The van der Waals surface area contributed by atoms with Crippen LogP contribution in [0.1, 0.15) is 37.8 Å². The van der Waals surface area contributed by atoms with Crippen molar-refractivity contribution in [3.63, 3.8) is 0 Å². The topological polar surface area (TPSA) is 51.7 Å². The van der Waals surface area contributed by atoms with E-state index in [-0.39, 0.29) is 36.4 Å². The van der Waals surface area contributed by atoms with Gasteiger partial charge in [0.05, 0.1) is 37.5 Å². The molecular weight excluding hydrogens is 323 g/mol. The van der Waals surface area contributed by atoms with Crippen LogP contribution in [0.25, 0.3) is 0 Å². The molecule has 25 heavy (non-hydrogen) atoms. The van der Waals surface area contributed by atoms with Gasteiger partial charge < -0.3 is 14.4 Å². The van der Waals surface area contributed by atoms with Gasteiger partial charge in [-0.1, -0.05) is 0 Å². The Morgan fingerprint density at radius 3 is 2.88 bits per heavy atom. The molecule has 136 valence electrons. The van der Waals surface area contributed by atoms with Crippen LogP contribution in [-0.4, -0.2) is 53.8 Å². The van der Waals surface area contributed by atoms with E-state index in [0.717, 1.165) is 44.5 Å². The van der Waals surface area contributed by atoms with Gasteiger partial charge in [-0.05, 0) is 50.2 Å². The zero-order valence-corrected chi connectivity index (χ0v) is 14.4. The highest BCUT2D eigenvalue weighted by Gasteiger charge is 2.41. The molecule has 6 heteroatoms. The van der Waals surface area contributed by atoms with Gasteiger partial charge >= 0.3 is 0 Å². The van der Waals surface area contributed by atoms with Gasteiger partial charge in [0.2, 0.25) is 5.91 Å². The SMILES string of the molecule is O=C(Cc1ccc(F)cn1)N1CC[C@H]2O[C@H](COCC3CC3)CC[C@H]21. The average Bonchev–Trinajstić information content (AvgIpc) is 3.33. The number of pyridine rings is 1. The Morgan fingerprint density at radius 2 is 2.12 bits per heavy atom. The van der Waals surface area contributed by atoms with E-state index in [9.17, 15) is 9.18 Å². The van der Waals surface area contributed by atoms with E-state index in [0.29, 0.717) is 12.3 Å². The summed E-state index contributed by atoms with van der Waals surface area (Å²) >= 11 is 0. The van der Waals surface area contributed by atoms with Crippen LogP contribution in [0, 0.1) is 11.7 Å². The lowest BCUT2D eigenvalue weighted by molar-refractivity contribution is -0.138. The molecule has 0 unspecified atom stereocenters. The number of amides is 1. The Bertz CT molecular complexity index is 605. The molecule has 1 saturated carbocycles. The standard InChI is InChI=1S/C19H25FN2O3/c20-14-3-4-15(21-10-14)9-19(23)22-8-7-18-17(22)6-5-16(25-18)12-24-11-13-1-2-13/h3-4,10,13,16-18H,1-2,5-9,11-12H2/t16-,17+,18+/m0/s1. The molecule has 3 atom stereocenters. The summed E-state index contributed by atoms with van der Waals surface area (Å²) in [6.45, 7) is 2.27. The Morgan fingerprint density at radius 1 is 1.24 bits per heavy atom. The van der Waals surface area contributed by atoms with Gasteiger partial charge in [-0.3, -0.25) is 9.78 Å². The van der Waals surface area contributed by atoms with Gasteiger partial charge in [-0.25, -0.2) is 4.39 Å². The number of halogens is 1. The molecule has 3 heterocycles. The molecule has 4 rings (SSSR count). The predicted molar refractivity (Wildman–Crippen MR) is 89.5 cm³/mol. The van der Waals surface area contributed by atoms with Crippen LogP contribution in [0.3, 0.4) is 0 Å². The first kappa shape index (κ1) is 16.9. The molecule has 2 aliphatic heterocycles. The molecule has 3 aliphatic rings. The van der Waals surface area contributed by atoms with E-state index in [1.165, 1.54) is 18.9 Å². The van der Waals surface area contributed by atoms with Gasteiger partial charge in [0.25, 0.3) is 0 Å². The molecule has 1 aromatic heterocycles. The van der Waals surface area contributed by atoms with E-state index in [1.807, 2.05) is 4.90 Å². The van der Waals surface area contributed by atoms with Crippen molar-refractivity contribution in [2.24, 2.45) is 5.92 Å². The minimum Gasteiger partial charge on any atom is -0.378 e. The van der Waals surface area contributed by atoms with Crippen LogP contribution in [0.4, 0.5) is 4.39 Å². The summed E-state index contributed by atoms with van der Waals surface area (Å²) in [5, 5.41) is 0. The zero-order chi connectivity index (χ0) is 17.2. The number of likely N-dealkylation sites (tertiary alicyclic amines) is 1. The number of rotatable bonds is 6. The molecule has 1 amide bonds. The Kier molecular flexibility index (Phi) is 4.99. The summed E-state index contributed by atoms with van der Waals surface area (Å²) < 4.78 is 24.9. The molecule has 0 N–H and O–H groups in total. The maximum absolute atomic E-state index is 12.9. The summed E-state index contributed by atoms with van der Waals surface area (Å²) in [5.74, 6) is 0.447. The molecule has 1 aromatic rings. The minimum atomic E-state index is -0.381. The molecule has 0 radical (unpaired) electrons. The third-order valence-electron chi connectivity index (χ3n) is 5.43. The number of hydrogen-bond acceptors (Lipinski definition) is 4. The number of carbonyl (C=O) groups excluding carboxylic acids is 1. The summed E-state index contributed by atoms with van der Waals surface area (Å²) in [6.07, 6.45) is 7.04. The first-order chi connectivity index (χ1) is 12.2. The third-order valence-corrected chi connectivity index (χ3v) is 5.43. The van der Waals surface area contributed by atoms with Crippen molar-refractivity contribution in [2.45, 2.75) is 56.8 Å². The monoisotopic (exact) mass is 348 g/mol. The van der Waals surface area contributed by atoms with E-state index < -0.39 is 0 Å². The van der Waals surface area contributed by atoms with Gasteiger partial charge in [-0.2, -0.15) is 0 Å². The number of hydrogen-bond donors (Lipinski definition) is 0. The summed E-state index contributed by atoms with van der Waals surface area (Å²) in [4.78, 5) is 18.5. The van der Waals surface area contributed by atoms with Crippen molar-refractivity contribution in [1.29, 1.82) is 0 Å². The first-order valence-electron chi connectivity index (χ1n) is 9.32. The normalized spacial score (nSPS) is 28.8. The second-order valence-electron chi connectivity index (χ2n) is 7.44. The summed E-state index contributed by atoms with van der Waals surface area (Å²) in [6, 6.07) is 3.08. The van der Waals surface area contributed by atoms with Crippen molar-refractivity contribution in [2.75, 3.05) is 19.8 Å². The van der Waals surface area contributed by atoms with Crippen LogP contribution in [0.5, 0.6) is 0 Å². The van der Waals surface area contributed by atoms with Crippen LogP contribution in [-0.2, 0) is 20.7 Å². The highest BCUT2D eigenvalue weighted by Crippen LogP contribution is 2.33. The average molecular weight is 348 g/mol. The largest absolute Gasteiger partial charge is 0.378 e. The fourth-order valence-corrected chi connectivity index (χ4v) is 3.85. The number of carbonyl (C=O) groups is 1. The van der Waals surface area contributed by atoms with Crippen molar-refractivity contribution >= 4 is 5.91 Å². The van der Waals surface area contributed by atoms with Gasteiger partial charge in [0.15, 0.2) is 0 Å². The maximum Gasteiger partial charge on any atom is 0.228 e. The van der Waals surface area contributed by atoms with Gasteiger partial charge in [0.1, 0.15) is 5.82 Å². The zero-order valence-electron chi connectivity index (χ0n) is 14.4. The number of ether oxygens (including phenoxy) is 2. The minimum absolute atomic E-state index is 0.0543. The Hall–Kier alpha value is -1.53. The van der Waals surface area contributed by atoms with E-state index in [2.05, 4.69) is 4.98 Å². The van der Waals surface area contributed by atoms with E-state index >= 15 is 0 Å². The highest BCUT2D eigenvalue weighted by molar-refractivity contribution is 5.79. The second-order valence-corrected chi connectivity index (χ2v) is 7.44. The Labute approximate surface area is 147 Å². The fraction of sp³-hybridized carbons (Fsp3) is 0.684. The molecule has 5 nitrogen and oxygen atoms in total. The number of fused-ring (bicyclic) bond motifs is 1. The summed E-state index contributed by atoms with van der Waals surface area (Å²) in [5.41, 5.74) is 0.609. The predicted octanol–water partition coefficient (Wildman–Crippen LogP) is 2.34. The number of aromatic nitrogens is 1. The number of nitrogens with zero attached hydrogens (tertiary/aromatic N) is 2. The van der Waals surface area contributed by atoms with Crippen molar-refractivity contribution in [3.05, 3.63) is 29.8 Å². The lowest BCUT2D eigenvalue weighted by Gasteiger charge is -2.36. The second kappa shape index (κ2) is 7.38. The van der Waals surface area contributed by atoms with E-state index in [4.69, 9.17) is 9.47 Å². The Balaban J connectivity index is 1.27. The first-order valence-corrected chi connectivity index (χ1v) is 9.32. The smallest absolute Gasteiger partial charge is 0.228 e. The van der Waals surface area contributed by atoms with Crippen LogP contribution < -0.4 is 0 Å². The molecule has 0 spiro atoms. The van der Waals surface area contributed by atoms with Crippen LogP contribution >= 0.6 is 0 Å². The molecule has 0 aromatic carbocycles. The molecule has 1 aliphatic carbocycles.